The van der Waals surface area contributed by atoms with Gasteiger partial charge in [0.2, 0.25) is 0 Å². The van der Waals surface area contributed by atoms with Gasteiger partial charge >= 0.3 is 23.9 Å². The Morgan fingerprint density at radius 2 is 1.72 bits per heavy atom. The second kappa shape index (κ2) is 11.9. The van der Waals surface area contributed by atoms with Crippen LogP contribution >= 0.6 is 0 Å². The molecule has 1 aromatic rings. The number of rotatable bonds is 9. The maximum atomic E-state index is 13.7. The normalized spacial score (nSPS) is 39.2. The number of hydrogen-bond acceptors (Lipinski definition) is 11. The van der Waals surface area contributed by atoms with E-state index in [-0.39, 0.29) is 30.6 Å². The number of ketones is 1. The number of methoxy groups -OCH3 is 1. The Labute approximate surface area is 276 Å². The monoisotopic (exact) mass is 656 g/mol. The fourth-order valence-electron chi connectivity index (χ4n) is 9.54. The van der Waals surface area contributed by atoms with Crippen molar-refractivity contribution in [2.75, 3.05) is 7.11 Å². The first kappa shape index (κ1) is 34.9. The third-order valence-electron chi connectivity index (χ3n) is 12.3. The summed E-state index contributed by atoms with van der Waals surface area (Å²) in [5.41, 5.74) is -2.88. The van der Waals surface area contributed by atoms with E-state index in [1.54, 1.807) is 33.3 Å². The van der Waals surface area contributed by atoms with Crippen molar-refractivity contribution in [1.29, 1.82) is 0 Å². The van der Waals surface area contributed by atoms with Gasteiger partial charge in [0.1, 0.15) is 29.7 Å². The Hall–Kier alpha value is -3.47. The van der Waals surface area contributed by atoms with E-state index in [2.05, 4.69) is 6.58 Å². The summed E-state index contributed by atoms with van der Waals surface area (Å²) in [5, 5.41) is 0. The maximum absolute atomic E-state index is 13.7. The van der Waals surface area contributed by atoms with E-state index in [4.69, 9.17) is 28.1 Å². The van der Waals surface area contributed by atoms with Crippen LogP contribution in [-0.4, -0.2) is 66.8 Å². The first-order valence-electron chi connectivity index (χ1n) is 16.5. The van der Waals surface area contributed by atoms with E-state index in [9.17, 15) is 24.0 Å². The van der Waals surface area contributed by atoms with E-state index in [1.807, 2.05) is 26.8 Å². The van der Waals surface area contributed by atoms with Crippen LogP contribution in [0.25, 0.3) is 0 Å². The summed E-state index contributed by atoms with van der Waals surface area (Å²) < 4.78 is 35.9. The van der Waals surface area contributed by atoms with Crippen molar-refractivity contribution in [1.82, 2.24) is 0 Å². The van der Waals surface area contributed by atoms with Gasteiger partial charge in [0, 0.05) is 49.4 Å². The average Bonchev–Trinajstić information content (AvgIpc) is 3.34. The lowest BCUT2D eigenvalue weighted by Crippen LogP contribution is -2.70. The molecule has 3 saturated carbocycles. The van der Waals surface area contributed by atoms with Crippen LogP contribution in [0.4, 0.5) is 0 Å². The second-order valence-corrected chi connectivity index (χ2v) is 14.9. The molecule has 0 bridgehead atoms. The highest BCUT2D eigenvalue weighted by molar-refractivity contribution is 5.87. The van der Waals surface area contributed by atoms with Gasteiger partial charge in [-0.2, -0.15) is 0 Å². The lowest BCUT2D eigenvalue weighted by molar-refractivity contribution is -0.228. The van der Waals surface area contributed by atoms with Crippen molar-refractivity contribution in [3.05, 3.63) is 36.3 Å². The molecule has 5 rings (SSSR count). The first-order chi connectivity index (χ1) is 21.9. The predicted molar refractivity (Wildman–Crippen MR) is 166 cm³/mol. The summed E-state index contributed by atoms with van der Waals surface area (Å²) in [4.78, 5) is 66.2. The molecule has 1 aliphatic heterocycles. The molecule has 258 valence electrons. The van der Waals surface area contributed by atoms with Gasteiger partial charge in [0.15, 0.2) is 0 Å². The molecule has 4 aliphatic rings. The summed E-state index contributed by atoms with van der Waals surface area (Å²) in [7, 11) is 1.27. The lowest BCUT2D eigenvalue weighted by Gasteiger charge is -2.62. The number of carbonyl (C=O) groups excluding carboxylic acids is 5. The van der Waals surface area contributed by atoms with Gasteiger partial charge in [0.25, 0.3) is 0 Å². The molecule has 0 N–H and O–H groups in total. The van der Waals surface area contributed by atoms with Gasteiger partial charge < -0.3 is 28.1 Å². The molecule has 1 spiro atoms. The Kier molecular flexibility index (Phi) is 8.82. The van der Waals surface area contributed by atoms with Crippen molar-refractivity contribution in [3.63, 3.8) is 0 Å². The van der Waals surface area contributed by atoms with Crippen LogP contribution in [0.1, 0.15) is 92.6 Å². The van der Waals surface area contributed by atoms with Gasteiger partial charge in [-0.3, -0.25) is 24.0 Å². The number of esters is 4. The Balaban J connectivity index is 1.79. The lowest BCUT2D eigenvalue weighted by atomic mass is 9.43. The minimum Gasteiger partial charge on any atom is -0.472 e. The molecule has 47 heavy (non-hydrogen) atoms. The van der Waals surface area contributed by atoms with Crippen LogP contribution in [-0.2, 0) is 47.7 Å². The molecular weight excluding hydrogens is 608 g/mol. The Morgan fingerprint density at radius 3 is 2.28 bits per heavy atom. The molecule has 11 heteroatoms. The molecule has 0 radical (unpaired) electrons. The van der Waals surface area contributed by atoms with Crippen molar-refractivity contribution < 1.29 is 52.1 Å². The standard InChI is InChI=1S/C36H48O11/c1-11-18(2)32(41)46-31-30(45-21(5)38)29(19(3)36-27(47-36)14-23(35(31,36)9)22-12-13-43-17-22)34(8)24(15-28(40)42-10)33(6,7)25(39)16-26(34)44-20(4)37/h12-13,17-18,23-24,26-27,29-31H,3,11,14-16H2,1-2,4-10H3. The van der Waals surface area contributed by atoms with Crippen molar-refractivity contribution in [2.24, 2.45) is 34.0 Å². The number of carbonyl (C=O) groups is 5. The van der Waals surface area contributed by atoms with Crippen molar-refractivity contribution in [3.8, 4) is 0 Å². The van der Waals surface area contributed by atoms with E-state index in [0.717, 1.165) is 5.56 Å². The molecule has 1 aromatic heterocycles. The summed E-state index contributed by atoms with van der Waals surface area (Å²) in [6.45, 7) is 18.2. The summed E-state index contributed by atoms with van der Waals surface area (Å²) in [5.74, 6) is -4.77. The molecule has 0 amide bonds. The Bertz CT molecular complexity index is 1460. The van der Waals surface area contributed by atoms with E-state index < -0.39 is 81.8 Å². The molecule has 2 heterocycles. The molecule has 1 saturated heterocycles. The van der Waals surface area contributed by atoms with Crippen LogP contribution in [0, 0.1) is 34.0 Å². The average molecular weight is 657 g/mol. The molecule has 3 aliphatic carbocycles. The van der Waals surface area contributed by atoms with Gasteiger partial charge in [-0.1, -0.05) is 48.1 Å². The predicted octanol–water partition coefficient (Wildman–Crippen LogP) is 5.10. The molecule has 11 atom stereocenters. The second-order valence-electron chi connectivity index (χ2n) is 14.9. The molecular formula is C36H48O11. The summed E-state index contributed by atoms with van der Waals surface area (Å²) in [6, 6.07) is 1.87. The summed E-state index contributed by atoms with van der Waals surface area (Å²) in [6.07, 6.45) is 0.467. The SMILES string of the molecule is C=C1C(C2(C)C(OC(C)=O)CC(=O)C(C)(C)C2CC(=O)OC)C(OC(C)=O)C(OC(=O)C(C)CC)C2(C)C(c3ccoc3)CC3OC132. The largest absolute Gasteiger partial charge is 0.472 e. The minimum atomic E-state index is -1.25. The van der Waals surface area contributed by atoms with Crippen LogP contribution in [0.15, 0.2) is 35.2 Å². The zero-order chi connectivity index (χ0) is 34.9. The zero-order valence-corrected chi connectivity index (χ0v) is 28.9. The van der Waals surface area contributed by atoms with Gasteiger partial charge in [-0.05, 0) is 36.0 Å². The number of hydrogen-bond donors (Lipinski definition) is 0. The molecule has 4 fully saturated rings. The Morgan fingerprint density at radius 1 is 1.06 bits per heavy atom. The number of epoxide rings is 1. The number of ether oxygens (including phenoxy) is 5. The highest BCUT2D eigenvalue weighted by Gasteiger charge is 2.85. The maximum Gasteiger partial charge on any atom is 0.309 e. The zero-order valence-electron chi connectivity index (χ0n) is 28.9. The van der Waals surface area contributed by atoms with Crippen molar-refractivity contribution >= 4 is 29.7 Å². The van der Waals surface area contributed by atoms with Gasteiger partial charge in [-0.15, -0.1) is 0 Å². The fourth-order valence-corrected chi connectivity index (χ4v) is 9.54. The summed E-state index contributed by atoms with van der Waals surface area (Å²) >= 11 is 0. The highest BCUT2D eigenvalue weighted by Crippen LogP contribution is 2.77. The van der Waals surface area contributed by atoms with E-state index in [1.165, 1.54) is 21.0 Å². The first-order valence-corrected chi connectivity index (χ1v) is 16.5. The van der Waals surface area contributed by atoms with Crippen LogP contribution < -0.4 is 0 Å². The fraction of sp³-hybridized carbons (Fsp3) is 0.694. The molecule has 11 unspecified atom stereocenters. The van der Waals surface area contributed by atoms with Crippen LogP contribution in [0.2, 0.25) is 0 Å². The highest BCUT2D eigenvalue weighted by atomic mass is 16.6. The molecule has 0 aromatic carbocycles. The smallest absolute Gasteiger partial charge is 0.309 e. The molecule has 11 nitrogen and oxygen atoms in total. The minimum absolute atomic E-state index is 0.138. The van der Waals surface area contributed by atoms with Gasteiger partial charge in [-0.25, -0.2) is 0 Å². The van der Waals surface area contributed by atoms with E-state index in [0.29, 0.717) is 18.4 Å². The van der Waals surface area contributed by atoms with Crippen LogP contribution in [0.5, 0.6) is 0 Å². The number of furan rings is 1. The third kappa shape index (κ3) is 5.06. The quantitative estimate of drug-likeness (QED) is 0.151. The topological polar surface area (TPSA) is 148 Å². The van der Waals surface area contributed by atoms with Gasteiger partial charge in [0.05, 0.1) is 37.1 Å². The van der Waals surface area contributed by atoms with Crippen LogP contribution in [0.3, 0.4) is 0 Å². The third-order valence-corrected chi connectivity index (χ3v) is 12.3. The van der Waals surface area contributed by atoms with E-state index >= 15 is 0 Å². The number of Topliss-reactive ketones (excluding diaryl/α,β-unsaturated/α-hetero) is 1. The van der Waals surface area contributed by atoms with Crippen molar-refractivity contribution in [2.45, 2.75) is 117 Å².